The zero-order valence-corrected chi connectivity index (χ0v) is 13.3. The number of para-hydroxylation sites is 1. The van der Waals surface area contributed by atoms with Crippen molar-refractivity contribution in [3.05, 3.63) is 54.0 Å². The molecule has 6 nitrogen and oxygen atoms in total. The summed E-state index contributed by atoms with van der Waals surface area (Å²) < 4.78 is 19.0. The summed E-state index contributed by atoms with van der Waals surface area (Å²) >= 11 is 1.08. The predicted molar refractivity (Wildman–Crippen MR) is 87.3 cm³/mol. The highest BCUT2D eigenvalue weighted by Crippen LogP contribution is 2.22. The van der Waals surface area contributed by atoms with Gasteiger partial charge in [-0.3, -0.25) is 9.59 Å². The van der Waals surface area contributed by atoms with E-state index in [1.54, 1.807) is 24.3 Å². The molecule has 2 aromatic rings. The molecule has 0 spiro atoms. The number of pyridine rings is 1. The van der Waals surface area contributed by atoms with Gasteiger partial charge in [0.1, 0.15) is 6.04 Å². The molecule has 8 heteroatoms. The van der Waals surface area contributed by atoms with Crippen molar-refractivity contribution >= 4 is 22.9 Å². The van der Waals surface area contributed by atoms with E-state index in [1.807, 2.05) is 0 Å². The quantitative estimate of drug-likeness (QED) is 0.868. The van der Waals surface area contributed by atoms with Crippen LogP contribution in [-0.4, -0.2) is 27.9 Å². The molecular formula is C16H14FN3O3S. The van der Waals surface area contributed by atoms with Gasteiger partial charge in [-0.2, -0.15) is 0 Å². The van der Waals surface area contributed by atoms with Crippen molar-refractivity contribution in [3.8, 4) is 11.6 Å². The van der Waals surface area contributed by atoms with Gasteiger partial charge >= 0.3 is 0 Å². The maximum absolute atomic E-state index is 13.6. The van der Waals surface area contributed by atoms with Crippen LogP contribution in [0, 0.1) is 5.82 Å². The number of benzene rings is 1. The molecule has 1 fully saturated rings. The van der Waals surface area contributed by atoms with E-state index in [0.717, 1.165) is 17.3 Å². The molecule has 1 aliphatic rings. The second kappa shape index (κ2) is 7.31. The average Bonchev–Trinajstić information content (AvgIpc) is 3.02. The number of amides is 2. The number of thioether (sulfide) groups is 1. The predicted octanol–water partition coefficient (Wildman–Crippen LogP) is 2.45. The molecule has 2 N–H and O–H groups in total. The number of halogens is 1. The third-order valence-corrected chi connectivity index (χ3v) is 4.19. The van der Waals surface area contributed by atoms with Gasteiger partial charge in [0.25, 0.3) is 5.24 Å². The standard InChI is InChI=1S/C16H14FN3O3S/c17-11-3-1-2-4-13(11)23-14-7-10(5-6-18-14)8-19-15(21)12-9-24-16(22)20-12/h1-7,12H,8-9H2,(H,19,21)(H,20,22)/t12-/m1/s1. The first-order valence-electron chi connectivity index (χ1n) is 7.20. The highest BCUT2D eigenvalue weighted by Gasteiger charge is 2.27. The molecule has 0 aliphatic carbocycles. The van der Waals surface area contributed by atoms with Gasteiger partial charge in [-0.25, -0.2) is 9.37 Å². The fraction of sp³-hybridized carbons (Fsp3) is 0.188. The van der Waals surface area contributed by atoms with Gasteiger partial charge in [-0.1, -0.05) is 23.9 Å². The molecule has 3 rings (SSSR count). The summed E-state index contributed by atoms with van der Waals surface area (Å²) in [4.78, 5) is 27.1. The third kappa shape index (κ3) is 4.02. The minimum atomic E-state index is -0.515. The van der Waals surface area contributed by atoms with Gasteiger partial charge in [0, 0.05) is 24.6 Å². The van der Waals surface area contributed by atoms with Crippen LogP contribution in [0.25, 0.3) is 0 Å². The van der Waals surface area contributed by atoms with E-state index in [0.29, 0.717) is 5.75 Å². The van der Waals surface area contributed by atoms with Crippen LogP contribution in [0.5, 0.6) is 11.6 Å². The smallest absolute Gasteiger partial charge is 0.279 e. The van der Waals surface area contributed by atoms with E-state index in [4.69, 9.17) is 4.74 Å². The SMILES string of the molecule is O=C1N[C@@H](C(=O)NCc2ccnc(Oc3ccccc3F)c2)CS1. The number of aromatic nitrogens is 1. The molecule has 24 heavy (non-hydrogen) atoms. The zero-order valence-electron chi connectivity index (χ0n) is 12.5. The van der Waals surface area contributed by atoms with Crippen LogP contribution in [0.3, 0.4) is 0 Å². The Bertz CT molecular complexity index is 772. The second-order valence-electron chi connectivity index (χ2n) is 5.05. The Morgan fingerprint density at radius 2 is 2.25 bits per heavy atom. The van der Waals surface area contributed by atoms with Crippen LogP contribution in [0.1, 0.15) is 5.56 Å². The topological polar surface area (TPSA) is 80.3 Å². The Hall–Kier alpha value is -2.61. The number of ether oxygens (including phenoxy) is 1. The zero-order chi connectivity index (χ0) is 16.9. The van der Waals surface area contributed by atoms with Crippen molar-refractivity contribution in [2.24, 2.45) is 0 Å². The van der Waals surface area contributed by atoms with Crippen molar-refractivity contribution < 1.29 is 18.7 Å². The Kier molecular flexibility index (Phi) is 4.95. The summed E-state index contributed by atoms with van der Waals surface area (Å²) in [6, 6.07) is 8.86. The van der Waals surface area contributed by atoms with E-state index >= 15 is 0 Å². The van der Waals surface area contributed by atoms with E-state index in [1.165, 1.54) is 18.3 Å². The lowest BCUT2D eigenvalue weighted by Gasteiger charge is -2.11. The lowest BCUT2D eigenvalue weighted by molar-refractivity contribution is -0.122. The van der Waals surface area contributed by atoms with Crippen molar-refractivity contribution in [2.45, 2.75) is 12.6 Å². The number of hydrogen-bond acceptors (Lipinski definition) is 5. The first-order chi connectivity index (χ1) is 11.6. The third-order valence-electron chi connectivity index (χ3n) is 3.31. The van der Waals surface area contributed by atoms with Gasteiger partial charge in [-0.05, 0) is 23.8 Å². The molecule has 0 unspecified atom stereocenters. The van der Waals surface area contributed by atoms with Crippen LogP contribution in [-0.2, 0) is 11.3 Å². The van der Waals surface area contributed by atoms with Crippen molar-refractivity contribution in [2.75, 3.05) is 5.75 Å². The van der Waals surface area contributed by atoms with Gasteiger partial charge in [-0.15, -0.1) is 0 Å². The van der Waals surface area contributed by atoms with Gasteiger partial charge in [0.2, 0.25) is 11.8 Å². The summed E-state index contributed by atoms with van der Waals surface area (Å²) in [6.45, 7) is 0.256. The molecule has 1 saturated heterocycles. The van der Waals surface area contributed by atoms with Crippen LogP contribution < -0.4 is 15.4 Å². The maximum atomic E-state index is 13.6. The second-order valence-corrected chi connectivity index (χ2v) is 6.04. The molecule has 2 heterocycles. The van der Waals surface area contributed by atoms with Crippen molar-refractivity contribution in [1.29, 1.82) is 0 Å². The highest BCUT2D eigenvalue weighted by molar-refractivity contribution is 8.14. The lowest BCUT2D eigenvalue weighted by Crippen LogP contribution is -2.42. The number of nitrogens with one attached hydrogen (secondary N) is 2. The minimum absolute atomic E-state index is 0.0804. The summed E-state index contributed by atoms with van der Waals surface area (Å²) in [6.07, 6.45) is 1.52. The van der Waals surface area contributed by atoms with E-state index in [2.05, 4.69) is 15.6 Å². The molecule has 0 bridgehead atoms. The highest BCUT2D eigenvalue weighted by atomic mass is 32.2. The number of carbonyl (C=O) groups excluding carboxylic acids is 2. The molecule has 1 aromatic heterocycles. The summed E-state index contributed by atoms with van der Waals surface area (Å²) in [5.41, 5.74) is 0.752. The molecule has 2 amide bonds. The monoisotopic (exact) mass is 347 g/mol. The van der Waals surface area contributed by atoms with Gasteiger partial charge < -0.3 is 15.4 Å². The molecule has 1 aromatic carbocycles. The maximum Gasteiger partial charge on any atom is 0.279 e. The summed E-state index contributed by atoms with van der Waals surface area (Å²) in [7, 11) is 0. The Labute approximate surface area is 141 Å². The molecule has 0 saturated carbocycles. The number of hydrogen-bond donors (Lipinski definition) is 2. The van der Waals surface area contributed by atoms with E-state index in [-0.39, 0.29) is 29.3 Å². The van der Waals surface area contributed by atoms with Crippen molar-refractivity contribution in [3.63, 3.8) is 0 Å². The first kappa shape index (κ1) is 16.3. The summed E-state index contributed by atoms with van der Waals surface area (Å²) in [5.74, 6) is 0.00511. The minimum Gasteiger partial charge on any atom is -0.436 e. The molecular weight excluding hydrogens is 333 g/mol. The number of rotatable bonds is 5. The average molecular weight is 347 g/mol. The van der Waals surface area contributed by atoms with Crippen LogP contribution >= 0.6 is 11.8 Å². The largest absolute Gasteiger partial charge is 0.436 e. The van der Waals surface area contributed by atoms with E-state index in [9.17, 15) is 14.0 Å². The molecule has 0 radical (unpaired) electrons. The van der Waals surface area contributed by atoms with Crippen LogP contribution in [0.4, 0.5) is 9.18 Å². The van der Waals surface area contributed by atoms with Crippen LogP contribution in [0.2, 0.25) is 0 Å². The molecule has 1 atom stereocenters. The van der Waals surface area contributed by atoms with Crippen molar-refractivity contribution in [1.82, 2.24) is 15.6 Å². The molecule has 124 valence electrons. The Balaban J connectivity index is 1.60. The number of carbonyl (C=O) groups is 2. The fourth-order valence-electron chi connectivity index (χ4n) is 2.09. The molecule has 1 aliphatic heterocycles. The lowest BCUT2D eigenvalue weighted by atomic mass is 10.2. The van der Waals surface area contributed by atoms with Gasteiger partial charge in [0.15, 0.2) is 11.6 Å². The fourth-order valence-corrected chi connectivity index (χ4v) is 2.87. The number of nitrogens with zero attached hydrogens (tertiary/aromatic N) is 1. The summed E-state index contributed by atoms with van der Waals surface area (Å²) in [5, 5.41) is 5.12. The first-order valence-corrected chi connectivity index (χ1v) is 8.19. The normalized spacial score (nSPS) is 16.5. The van der Waals surface area contributed by atoms with Crippen LogP contribution in [0.15, 0.2) is 42.6 Å². The van der Waals surface area contributed by atoms with E-state index < -0.39 is 11.9 Å². The van der Waals surface area contributed by atoms with Gasteiger partial charge in [0.05, 0.1) is 0 Å². The Morgan fingerprint density at radius 3 is 3.00 bits per heavy atom. The Morgan fingerprint density at radius 1 is 1.42 bits per heavy atom.